The summed E-state index contributed by atoms with van der Waals surface area (Å²) in [5, 5.41) is 5.22. The predicted octanol–water partition coefficient (Wildman–Crippen LogP) is 5.43. The zero-order valence-electron chi connectivity index (χ0n) is 16.9. The van der Waals surface area contributed by atoms with Gasteiger partial charge in [0.2, 0.25) is 0 Å². The zero-order chi connectivity index (χ0) is 20.6. The first-order chi connectivity index (χ1) is 14.8. The van der Waals surface area contributed by atoms with E-state index >= 15 is 0 Å². The van der Waals surface area contributed by atoms with Crippen molar-refractivity contribution in [2.75, 3.05) is 13.2 Å². The lowest BCUT2D eigenvalue weighted by Gasteiger charge is -2.12. The molecule has 0 saturated carbocycles. The van der Waals surface area contributed by atoms with E-state index in [0.29, 0.717) is 13.2 Å². The number of fused-ring (bicyclic) bond motifs is 1. The van der Waals surface area contributed by atoms with Gasteiger partial charge in [-0.3, -0.25) is 4.79 Å². The fourth-order valence-corrected chi connectivity index (χ4v) is 3.63. The Kier molecular flexibility index (Phi) is 6.41. The van der Waals surface area contributed by atoms with E-state index in [1.54, 1.807) is 0 Å². The number of benzene rings is 4. The number of rotatable bonds is 8. The minimum Gasteiger partial charge on any atom is -0.491 e. The molecule has 30 heavy (non-hydrogen) atoms. The fourth-order valence-electron chi connectivity index (χ4n) is 3.63. The molecule has 0 aliphatic carbocycles. The summed E-state index contributed by atoms with van der Waals surface area (Å²) in [5.74, 6) is 0.783. The Morgan fingerprint density at radius 1 is 0.733 bits per heavy atom. The molecule has 0 saturated heterocycles. The van der Waals surface area contributed by atoms with Gasteiger partial charge >= 0.3 is 0 Å². The number of aryl methyl sites for hydroxylation is 2. The number of amides is 1. The van der Waals surface area contributed by atoms with Crippen molar-refractivity contribution in [1.82, 2.24) is 5.32 Å². The van der Waals surface area contributed by atoms with Crippen molar-refractivity contribution in [2.45, 2.75) is 12.8 Å². The lowest BCUT2D eigenvalue weighted by molar-refractivity contribution is 0.0946. The number of hydrogen-bond acceptors (Lipinski definition) is 2. The molecule has 0 unspecified atom stereocenters. The molecular formula is C27H25NO2. The number of carbonyl (C=O) groups is 1. The van der Waals surface area contributed by atoms with E-state index in [0.717, 1.165) is 40.5 Å². The quantitative estimate of drug-likeness (QED) is 0.404. The molecule has 0 heterocycles. The van der Waals surface area contributed by atoms with Crippen LogP contribution in [-0.2, 0) is 12.8 Å². The van der Waals surface area contributed by atoms with Gasteiger partial charge in [-0.2, -0.15) is 0 Å². The molecular weight excluding hydrogens is 370 g/mol. The van der Waals surface area contributed by atoms with Gasteiger partial charge in [0.05, 0.1) is 6.54 Å². The Hall–Kier alpha value is -3.59. The van der Waals surface area contributed by atoms with Crippen LogP contribution in [-0.4, -0.2) is 19.1 Å². The molecule has 0 atom stereocenters. The van der Waals surface area contributed by atoms with Crippen LogP contribution in [0, 0.1) is 0 Å². The Labute approximate surface area is 177 Å². The molecule has 0 fully saturated rings. The molecule has 0 radical (unpaired) electrons. The maximum absolute atomic E-state index is 12.7. The summed E-state index contributed by atoms with van der Waals surface area (Å²) in [4.78, 5) is 12.7. The highest BCUT2D eigenvalue weighted by Crippen LogP contribution is 2.24. The highest BCUT2D eigenvalue weighted by atomic mass is 16.5. The summed E-state index contributed by atoms with van der Waals surface area (Å²) in [7, 11) is 0. The molecule has 4 aromatic carbocycles. The maximum Gasteiger partial charge on any atom is 0.251 e. The standard InChI is InChI=1S/C27H25NO2/c29-27(25-15-7-5-12-23(25)18-17-21-9-2-1-3-10-21)28-19-20-30-26-16-8-13-22-11-4-6-14-24(22)26/h1-16H,17-20H2,(H,28,29). The molecule has 0 aromatic heterocycles. The van der Waals surface area contributed by atoms with Crippen molar-refractivity contribution >= 4 is 16.7 Å². The third-order valence-corrected chi connectivity index (χ3v) is 5.18. The average Bonchev–Trinajstić information content (AvgIpc) is 2.81. The zero-order valence-corrected chi connectivity index (χ0v) is 16.9. The van der Waals surface area contributed by atoms with Gasteiger partial charge < -0.3 is 10.1 Å². The second-order valence-corrected chi connectivity index (χ2v) is 7.22. The van der Waals surface area contributed by atoms with E-state index in [1.165, 1.54) is 5.56 Å². The molecule has 1 amide bonds. The number of nitrogens with one attached hydrogen (secondary N) is 1. The molecule has 0 aliphatic rings. The Morgan fingerprint density at radius 2 is 1.47 bits per heavy atom. The third kappa shape index (κ3) is 4.87. The normalized spacial score (nSPS) is 10.7. The van der Waals surface area contributed by atoms with Gasteiger partial charge in [0, 0.05) is 10.9 Å². The summed E-state index contributed by atoms with van der Waals surface area (Å²) >= 11 is 0. The van der Waals surface area contributed by atoms with Crippen LogP contribution in [0.2, 0.25) is 0 Å². The van der Waals surface area contributed by atoms with Crippen molar-refractivity contribution in [3.8, 4) is 5.75 Å². The molecule has 4 aromatic rings. The van der Waals surface area contributed by atoms with Crippen LogP contribution in [0.4, 0.5) is 0 Å². The van der Waals surface area contributed by atoms with Gasteiger partial charge in [-0.15, -0.1) is 0 Å². The van der Waals surface area contributed by atoms with Crippen LogP contribution in [0.5, 0.6) is 5.75 Å². The first-order valence-electron chi connectivity index (χ1n) is 10.3. The van der Waals surface area contributed by atoms with Crippen molar-refractivity contribution in [3.63, 3.8) is 0 Å². The van der Waals surface area contributed by atoms with Gasteiger partial charge in [0.25, 0.3) is 5.91 Å². The van der Waals surface area contributed by atoms with Crippen molar-refractivity contribution in [1.29, 1.82) is 0 Å². The highest BCUT2D eigenvalue weighted by Gasteiger charge is 2.10. The summed E-state index contributed by atoms with van der Waals surface area (Å²) in [6.07, 6.45) is 1.75. The van der Waals surface area contributed by atoms with E-state index < -0.39 is 0 Å². The summed E-state index contributed by atoms with van der Waals surface area (Å²) < 4.78 is 5.93. The molecule has 0 spiro atoms. The molecule has 3 nitrogen and oxygen atoms in total. The van der Waals surface area contributed by atoms with E-state index in [1.807, 2.05) is 72.8 Å². The first-order valence-corrected chi connectivity index (χ1v) is 10.3. The van der Waals surface area contributed by atoms with Crippen LogP contribution in [0.3, 0.4) is 0 Å². The van der Waals surface area contributed by atoms with E-state index in [-0.39, 0.29) is 5.91 Å². The van der Waals surface area contributed by atoms with E-state index in [2.05, 4.69) is 29.6 Å². The second-order valence-electron chi connectivity index (χ2n) is 7.22. The number of carbonyl (C=O) groups excluding carboxylic acids is 1. The van der Waals surface area contributed by atoms with Crippen LogP contribution in [0.25, 0.3) is 10.8 Å². The van der Waals surface area contributed by atoms with Gasteiger partial charge in [-0.25, -0.2) is 0 Å². The number of hydrogen-bond donors (Lipinski definition) is 1. The Morgan fingerprint density at radius 3 is 2.37 bits per heavy atom. The van der Waals surface area contributed by atoms with Gasteiger partial charge in [0.15, 0.2) is 0 Å². The topological polar surface area (TPSA) is 38.3 Å². The number of ether oxygens (including phenoxy) is 1. The molecule has 150 valence electrons. The smallest absolute Gasteiger partial charge is 0.251 e. The largest absolute Gasteiger partial charge is 0.491 e. The Bertz CT molecular complexity index is 1120. The summed E-state index contributed by atoms with van der Waals surface area (Å²) in [5.41, 5.74) is 3.07. The lowest BCUT2D eigenvalue weighted by Crippen LogP contribution is -2.29. The lowest BCUT2D eigenvalue weighted by atomic mass is 9.99. The second kappa shape index (κ2) is 9.75. The van der Waals surface area contributed by atoms with Gasteiger partial charge in [-0.1, -0.05) is 84.9 Å². The van der Waals surface area contributed by atoms with Crippen molar-refractivity contribution in [2.24, 2.45) is 0 Å². The van der Waals surface area contributed by atoms with Gasteiger partial charge in [-0.05, 0) is 41.5 Å². The summed E-state index contributed by atoms with van der Waals surface area (Å²) in [6.45, 7) is 0.876. The molecule has 4 rings (SSSR count). The van der Waals surface area contributed by atoms with E-state index in [9.17, 15) is 4.79 Å². The van der Waals surface area contributed by atoms with Crippen LogP contribution in [0.15, 0.2) is 97.1 Å². The van der Waals surface area contributed by atoms with Gasteiger partial charge in [0.1, 0.15) is 12.4 Å². The molecule has 0 aliphatic heterocycles. The predicted molar refractivity (Wildman–Crippen MR) is 122 cm³/mol. The van der Waals surface area contributed by atoms with Crippen molar-refractivity contribution in [3.05, 3.63) is 114 Å². The average molecular weight is 396 g/mol. The van der Waals surface area contributed by atoms with Crippen molar-refractivity contribution < 1.29 is 9.53 Å². The SMILES string of the molecule is O=C(NCCOc1cccc2ccccc12)c1ccccc1CCc1ccccc1. The minimum absolute atomic E-state index is 0.0554. The minimum atomic E-state index is -0.0554. The fraction of sp³-hybridized carbons (Fsp3) is 0.148. The highest BCUT2D eigenvalue weighted by molar-refractivity contribution is 5.95. The third-order valence-electron chi connectivity index (χ3n) is 5.18. The molecule has 0 bridgehead atoms. The monoisotopic (exact) mass is 395 g/mol. The maximum atomic E-state index is 12.7. The van der Waals surface area contributed by atoms with Crippen LogP contribution < -0.4 is 10.1 Å². The molecule has 3 heteroatoms. The summed E-state index contributed by atoms with van der Waals surface area (Å²) in [6, 6.07) is 32.3. The van der Waals surface area contributed by atoms with Crippen LogP contribution >= 0.6 is 0 Å². The van der Waals surface area contributed by atoms with E-state index in [4.69, 9.17) is 4.74 Å². The Balaban J connectivity index is 1.33. The first kappa shape index (κ1) is 19.7. The molecule has 1 N–H and O–H groups in total. The van der Waals surface area contributed by atoms with Crippen LogP contribution in [0.1, 0.15) is 21.5 Å².